The number of esters is 2. The Morgan fingerprint density at radius 2 is 1.65 bits per heavy atom. The van der Waals surface area contributed by atoms with Gasteiger partial charge in [0.15, 0.2) is 5.41 Å². The number of allylic oxidation sites excluding steroid dienone is 1. The van der Waals surface area contributed by atoms with Crippen LogP contribution in [0, 0.1) is 11.3 Å². The van der Waals surface area contributed by atoms with Crippen molar-refractivity contribution in [3.05, 3.63) is 11.6 Å². The first kappa shape index (κ1) is 21.1. The van der Waals surface area contributed by atoms with Crippen molar-refractivity contribution in [1.29, 1.82) is 0 Å². The Hall–Kier alpha value is -1.85. The quantitative estimate of drug-likeness (QED) is 0.439. The highest BCUT2D eigenvalue weighted by Gasteiger charge is 2.50. The molecule has 0 aromatic rings. The first-order valence-electron chi connectivity index (χ1n) is 7.75. The summed E-state index contributed by atoms with van der Waals surface area (Å²) < 4.78 is 10.2. The van der Waals surface area contributed by atoms with Crippen molar-refractivity contribution in [3.63, 3.8) is 0 Å². The SMILES string of the molecule is CCC=C(C(=O)OC(C)(C)C)C(C)C(C)(C(=O)O)C(=O)OCC. The van der Waals surface area contributed by atoms with Crippen LogP contribution < -0.4 is 0 Å². The van der Waals surface area contributed by atoms with Gasteiger partial charge in [0.2, 0.25) is 0 Å². The topological polar surface area (TPSA) is 89.9 Å². The maximum Gasteiger partial charge on any atom is 0.334 e. The molecule has 2 unspecified atom stereocenters. The molecule has 0 rings (SSSR count). The minimum atomic E-state index is -1.87. The van der Waals surface area contributed by atoms with Crippen LogP contribution in [0.25, 0.3) is 0 Å². The maximum absolute atomic E-state index is 12.4. The fourth-order valence-electron chi connectivity index (χ4n) is 2.04. The number of aliphatic carboxylic acids is 1. The second-order valence-corrected chi connectivity index (χ2v) is 6.52. The molecule has 0 heterocycles. The van der Waals surface area contributed by atoms with Crippen LogP contribution in [-0.4, -0.2) is 35.2 Å². The summed E-state index contributed by atoms with van der Waals surface area (Å²) in [5.41, 5.74) is -2.42. The number of carbonyl (C=O) groups excluding carboxylic acids is 2. The highest BCUT2D eigenvalue weighted by molar-refractivity contribution is 6.01. The molecule has 0 saturated carbocycles. The van der Waals surface area contributed by atoms with Crippen LogP contribution >= 0.6 is 0 Å². The van der Waals surface area contributed by atoms with Gasteiger partial charge in [0, 0.05) is 11.5 Å². The number of hydrogen-bond acceptors (Lipinski definition) is 5. The number of carbonyl (C=O) groups is 3. The standard InChI is InChI=1S/C17H28O6/c1-8-10-12(13(18)23-16(4,5)6)11(3)17(7,14(19)20)15(21)22-9-2/h10-11H,8-9H2,1-7H3,(H,19,20). The Kier molecular flexibility index (Phi) is 7.48. The highest BCUT2D eigenvalue weighted by Crippen LogP contribution is 2.36. The van der Waals surface area contributed by atoms with Crippen LogP contribution in [0.2, 0.25) is 0 Å². The summed E-state index contributed by atoms with van der Waals surface area (Å²) in [6, 6.07) is 0. The molecule has 0 fully saturated rings. The third-order valence-electron chi connectivity index (χ3n) is 3.53. The van der Waals surface area contributed by atoms with Crippen molar-refractivity contribution in [2.24, 2.45) is 11.3 Å². The molecule has 0 bridgehead atoms. The van der Waals surface area contributed by atoms with Crippen LogP contribution in [0.3, 0.4) is 0 Å². The van der Waals surface area contributed by atoms with Crippen LogP contribution in [0.5, 0.6) is 0 Å². The Morgan fingerprint density at radius 1 is 1.13 bits per heavy atom. The summed E-state index contributed by atoms with van der Waals surface area (Å²) in [6.45, 7) is 11.4. The first-order chi connectivity index (χ1) is 10.4. The molecule has 0 spiro atoms. The lowest BCUT2D eigenvalue weighted by molar-refractivity contribution is -0.170. The molecule has 2 atom stereocenters. The molecule has 0 saturated heterocycles. The molecule has 0 amide bonds. The average Bonchev–Trinajstić information content (AvgIpc) is 2.40. The van der Waals surface area contributed by atoms with E-state index >= 15 is 0 Å². The number of rotatable bonds is 7. The summed E-state index contributed by atoms with van der Waals surface area (Å²) in [4.78, 5) is 36.3. The summed E-state index contributed by atoms with van der Waals surface area (Å²) in [7, 11) is 0. The molecule has 0 radical (unpaired) electrons. The monoisotopic (exact) mass is 328 g/mol. The number of carboxylic acids is 1. The van der Waals surface area contributed by atoms with Gasteiger partial charge in [-0.25, -0.2) is 4.79 Å². The Balaban J connectivity index is 5.79. The van der Waals surface area contributed by atoms with E-state index in [-0.39, 0.29) is 12.2 Å². The summed E-state index contributed by atoms with van der Waals surface area (Å²) in [6.07, 6.45) is 2.11. The van der Waals surface area contributed by atoms with Gasteiger partial charge in [-0.15, -0.1) is 0 Å². The van der Waals surface area contributed by atoms with E-state index in [0.29, 0.717) is 6.42 Å². The van der Waals surface area contributed by atoms with Crippen LogP contribution in [0.15, 0.2) is 11.6 Å². The van der Waals surface area contributed by atoms with Crippen molar-refractivity contribution in [1.82, 2.24) is 0 Å². The molecule has 0 aromatic carbocycles. The van der Waals surface area contributed by atoms with Gasteiger partial charge in [-0.2, -0.15) is 0 Å². The van der Waals surface area contributed by atoms with Crippen molar-refractivity contribution in [2.75, 3.05) is 6.61 Å². The molecule has 6 nitrogen and oxygen atoms in total. The van der Waals surface area contributed by atoms with Gasteiger partial charge in [-0.05, 0) is 41.0 Å². The predicted octanol–water partition coefficient (Wildman–Crippen LogP) is 2.95. The van der Waals surface area contributed by atoms with Crippen molar-refractivity contribution >= 4 is 17.9 Å². The third kappa shape index (κ3) is 5.37. The molecule has 0 aliphatic heterocycles. The van der Waals surface area contributed by atoms with Crippen LogP contribution in [0.1, 0.15) is 54.9 Å². The van der Waals surface area contributed by atoms with E-state index in [2.05, 4.69) is 0 Å². The molecular formula is C17H28O6. The second kappa shape index (κ2) is 8.13. The normalized spacial score (nSPS) is 16.2. The third-order valence-corrected chi connectivity index (χ3v) is 3.53. The zero-order chi connectivity index (χ0) is 18.4. The number of carboxylic acid groups (broad SMARTS) is 1. The minimum absolute atomic E-state index is 0.0632. The Bertz CT molecular complexity index is 486. The van der Waals surface area contributed by atoms with Gasteiger partial charge >= 0.3 is 17.9 Å². The maximum atomic E-state index is 12.4. The summed E-state index contributed by atoms with van der Waals surface area (Å²) in [5.74, 6) is -3.72. The Morgan fingerprint density at radius 3 is 2.00 bits per heavy atom. The molecule has 0 aliphatic carbocycles. The van der Waals surface area contributed by atoms with Crippen LogP contribution in [0.4, 0.5) is 0 Å². The van der Waals surface area contributed by atoms with Crippen molar-refractivity contribution < 1.29 is 29.0 Å². The van der Waals surface area contributed by atoms with Gasteiger partial charge in [0.05, 0.1) is 6.61 Å². The number of ether oxygens (including phenoxy) is 2. The van der Waals surface area contributed by atoms with Gasteiger partial charge in [0.25, 0.3) is 0 Å². The minimum Gasteiger partial charge on any atom is -0.480 e. The summed E-state index contributed by atoms with van der Waals surface area (Å²) in [5, 5.41) is 9.55. The second-order valence-electron chi connectivity index (χ2n) is 6.52. The van der Waals surface area contributed by atoms with E-state index < -0.39 is 34.8 Å². The average molecular weight is 328 g/mol. The fraction of sp³-hybridized carbons (Fsp3) is 0.706. The number of hydrogen-bond donors (Lipinski definition) is 1. The zero-order valence-electron chi connectivity index (χ0n) is 15.1. The lowest BCUT2D eigenvalue weighted by Gasteiger charge is -2.31. The van der Waals surface area contributed by atoms with E-state index in [1.807, 2.05) is 6.92 Å². The lowest BCUT2D eigenvalue weighted by Crippen LogP contribution is -2.45. The first-order valence-corrected chi connectivity index (χ1v) is 7.75. The van der Waals surface area contributed by atoms with E-state index in [9.17, 15) is 19.5 Å². The van der Waals surface area contributed by atoms with Gasteiger partial charge in [-0.3, -0.25) is 9.59 Å². The van der Waals surface area contributed by atoms with E-state index in [1.165, 1.54) is 13.8 Å². The smallest absolute Gasteiger partial charge is 0.334 e. The molecule has 0 aromatic heterocycles. The van der Waals surface area contributed by atoms with E-state index in [0.717, 1.165) is 0 Å². The van der Waals surface area contributed by atoms with Crippen molar-refractivity contribution in [3.8, 4) is 0 Å². The van der Waals surface area contributed by atoms with E-state index in [4.69, 9.17) is 9.47 Å². The van der Waals surface area contributed by atoms with E-state index in [1.54, 1.807) is 33.8 Å². The zero-order valence-corrected chi connectivity index (χ0v) is 15.1. The molecule has 0 aliphatic rings. The molecule has 6 heteroatoms. The molecule has 23 heavy (non-hydrogen) atoms. The Labute approximate surface area is 137 Å². The lowest BCUT2D eigenvalue weighted by atomic mass is 9.73. The fourth-order valence-corrected chi connectivity index (χ4v) is 2.04. The van der Waals surface area contributed by atoms with Crippen molar-refractivity contribution in [2.45, 2.75) is 60.5 Å². The molecular weight excluding hydrogens is 300 g/mol. The molecule has 1 N–H and O–H groups in total. The molecule has 132 valence electrons. The summed E-state index contributed by atoms with van der Waals surface area (Å²) >= 11 is 0. The highest BCUT2D eigenvalue weighted by atomic mass is 16.6. The predicted molar refractivity (Wildman–Crippen MR) is 85.8 cm³/mol. The largest absolute Gasteiger partial charge is 0.480 e. The van der Waals surface area contributed by atoms with Gasteiger partial charge < -0.3 is 14.6 Å². The van der Waals surface area contributed by atoms with Gasteiger partial charge in [0.1, 0.15) is 5.60 Å². The van der Waals surface area contributed by atoms with Gasteiger partial charge in [-0.1, -0.05) is 19.9 Å². The van der Waals surface area contributed by atoms with Crippen LogP contribution in [-0.2, 0) is 23.9 Å².